The summed E-state index contributed by atoms with van der Waals surface area (Å²) in [4.78, 5) is 0. The van der Waals surface area contributed by atoms with Crippen LogP contribution in [-0.4, -0.2) is 12.6 Å². The van der Waals surface area contributed by atoms with Gasteiger partial charge < -0.3 is 9.73 Å². The average molecular weight is 193 g/mol. The smallest absolute Gasteiger partial charge is 0.105 e. The Kier molecular flexibility index (Phi) is 3.25. The molecule has 1 atom stereocenters. The maximum atomic E-state index is 5.31. The zero-order valence-corrected chi connectivity index (χ0v) is 8.83. The first-order valence-electron chi connectivity index (χ1n) is 5.60. The van der Waals surface area contributed by atoms with Crippen LogP contribution in [0.15, 0.2) is 22.8 Å². The molecule has 1 N–H and O–H groups in total. The van der Waals surface area contributed by atoms with E-state index in [2.05, 4.69) is 12.2 Å². The maximum absolute atomic E-state index is 5.31. The molecular formula is C12H19NO. The second-order valence-electron chi connectivity index (χ2n) is 4.39. The summed E-state index contributed by atoms with van der Waals surface area (Å²) >= 11 is 0. The van der Waals surface area contributed by atoms with Crippen molar-refractivity contribution in [1.29, 1.82) is 0 Å². The molecule has 0 saturated heterocycles. The number of hydrogen-bond donors (Lipinski definition) is 1. The molecule has 2 heteroatoms. The van der Waals surface area contributed by atoms with Crippen LogP contribution in [0.3, 0.4) is 0 Å². The molecule has 0 radical (unpaired) electrons. The van der Waals surface area contributed by atoms with Gasteiger partial charge in [0.2, 0.25) is 0 Å². The molecule has 1 aliphatic carbocycles. The molecule has 1 heterocycles. The van der Waals surface area contributed by atoms with Gasteiger partial charge in [0.15, 0.2) is 0 Å². The molecule has 2 nitrogen and oxygen atoms in total. The number of nitrogens with one attached hydrogen (secondary N) is 1. The molecule has 1 unspecified atom stereocenters. The van der Waals surface area contributed by atoms with Crippen molar-refractivity contribution in [3.63, 3.8) is 0 Å². The van der Waals surface area contributed by atoms with Gasteiger partial charge in [-0.15, -0.1) is 0 Å². The van der Waals surface area contributed by atoms with Crippen LogP contribution in [0, 0.1) is 5.92 Å². The van der Waals surface area contributed by atoms with E-state index in [-0.39, 0.29) is 0 Å². The van der Waals surface area contributed by atoms with E-state index in [9.17, 15) is 0 Å². The van der Waals surface area contributed by atoms with Crippen molar-refractivity contribution in [2.45, 2.75) is 38.6 Å². The van der Waals surface area contributed by atoms with Crippen LogP contribution in [0.2, 0.25) is 0 Å². The summed E-state index contributed by atoms with van der Waals surface area (Å²) in [5.74, 6) is 2.02. The summed E-state index contributed by atoms with van der Waals surface area (Å²) in [6.07, 6.45) is 7.01. The molecule has 0 amide bonds. The van der Waals surface area contributed by atoms with Gasteiger partial charge in [-0.25, -0.2) is 0 Å². The molecule has 2 rings (SSSR count). The molecule has 0 spiro atoms. The zero-order chi connectivity index (χ0) is 9.80. The summed E-state index contributed by atoms with van der Waals surface area (Å²) in [6, 6.07) is 4.52. The lowest BCUT2D eigenvalue weighted by atomic mass is 9.85. The van der Waals surface area contributed by atoms with Gasteiger partial charge in [-0.1, -0.05) is 6.42 Å². The molecular weight excluding hydrogens is 174 g/mol. The van der Waals surface area contributed by atoms with Crippen LogP contribution in [0.1, 0.15) is 31.9 Å². The molecule has 1 aliphatic rings. The van der Waals surface area contributed by atoms with Crippen LogP contribution in [0.25, 0.3) is 0 Å². The lowest BCUT2D eigenvalue weighted by molar-refractivity contribution is 0.289. The van der Waals surface area contributed by atoms with Crippen molar-refractivity contribution >= 4 is 0 Å². The van der Waals surface area contributed by atoms with Crippen molar-refractivity contribution in [3.8, 4) is 0 Å². The van der Waals surface area contributed by atoms with Crippen molar-refractivity contribution in [2.24, 2.45) is 5.92 Å². The van der Waals surface area contributed by atoms with E-state index in [1.54, 1.807) is 6.26 Å². The van der Waals surface area contributed by atoms with Gasteiger partial charge in [0.05, 0.1) is 6.26 Å². The van der Waals surface area contributed by atoms with Gasteiger partial charge in [0.25, 0.3) is 0 Å². The maximum Gasteiger partial charge on any atom is 0.105 e. The Bertz CT molecular complexity index is 251. The Morgan fingerprint density at radius 2 is 2.43 bits per heavy atom. The minimum absolute atomic E-state index is 0.529. The van der Waals surface area contributed by atoms with Crippen molar-refractivity contribution in [1.82, 2.24) is 5.32 Å². The van der Waals surface area contributed by atoms with E-state index in [1.807, 2.05) is 12.1 Å². The third-order valence-corrected chi connectivity index (χ3v) is 3.07. The third-order valence-electron chi connectivity index (χ3n) is 3.07. The lowest BCUT2D eigenvalue weighted by Gasteiger charge is -2.27. The highest BCUT2D eigenvalue weighted by Gasteiger charge is 2.17. The van der Waals surface area contributed by atoms with Crippen LogP contribution in [0.4, 0.5) is 0 Å². The van der Waals surface area contributed by atoms with Gasteiger partial charge in [-0.05, 0) is 44.4 Å². The Hall–Kier alpha value is -0.760. The highest BCUT2D eigenvalue weighted by atomic mass is 16.3. The fraction of sp³-hybridized carbons (Fsp3) is 0.667. The largest absolute Gasteiger partial charge is 0.469 e. The number of hydrogen-bond acceptors (Lipinski definition) is 2. The van der Waals surface area contributed by atoms with Crippen molar-refractivity contribution < 1.29 is 4.42 Å². The summed E-state index contributed by atoms with van der Waals surface area (Å²) < 4.78 is 5.31. The van der Waals surface area contributed by atoms with Crippen LogP contribution in [-0.2, 0) is 6.42 Å². The molecule has 1 saturated carbocycles. The van der Waals surface area contributed by atoms with Gasteiger partial charge >= 0.3 is 0 Å². The van der Waals surface area contributed by atoms with Gasteiger partial charge in [-0.3, -0.25) is 0 Å². The molecule has 0 bridgehead atoms. The van der Waals surface area contributed by atoms with Gasteiger partial charge in [0.1, 0.15) is 5.76 Å². The number of furan rings is 1. The van der Waals surface area contributed by atoms with E-state index < -0.39 is 0 Å². The fourth-order valence-corrected chi connectivity index (χ4v) is 1.87. The predicted molar refractivity (Wildman–Crippen MR) is 57.2 cm³/mol. The molecule has 0 aromatic carbocycles. The lowest BCUT2D eigenvalue weighted by Crippen LogP contribution is -2.34. The van der Waals surface area contributed by atoms with Crippen molar-refractivity contribution in [3.05, 3.63) is 24.2 Å². The Morgan fingerprint density at radius 3 is 3.00 bits per heavy atom. The summed E-state index contributed by atoms with van der Waals surface area (Å²) in [5, 5.41) is 3.56. The third kappa shape index (κ3) is 2.61. The SMILES string of the molecule is CC(Cc1ccco1)NCC1CCC1. The molecule has 14 heavy (non-hydrogen) atoms. The second kappa shape index (κ2) is 4.65. The number of rotatable bonds is 5. The van der Waals surface area contributed by atoms with Crippen LogP contribution < -0.4 is 5.32 Å². The van der Waals surface area contributed by atoms with E-state index >= 15 is 0 Å². The average Bonchev–Trinajstić information content (AvgIpc) is 2.54. The molecule has 0 aliphatic heterocycles. The van der Waals surface area contributed by atoms with Crippen LogP contribution in [0.5, 0.6) is 0 Å². The quantitative estimate of drug-likeness (QED) is 0.777. The van der Waals surface area contributed by atoms with E-state index in [0.717, 1.165) is 18.1 Å². The van der Waals surface area contributed by atoms with Gasteiger partial charge in [-0.2, -0.15) is 0 Å². The Labute approximate surface area is 85.7 Å². The van der Waals surface area contributed by atoms with Crippen LogP contribution >= 0.6 is 0 Å². The minimum atomic E-state index is 0.529. The second-order valence-corrected chi connectivity index (χ2v) is 4.39. The highest BCUT2D eigenvalue weighted by molar-refractivity contribution is 4.99. The minimum Gasteiger partial charge on any atom is -0.469 e. The Balaban J connectivity index is 1.65. The zero-order valence-electron chi connectivity index (χ0n) is 8.83. The highest BCUT2D eigenvalue weighted by Crippen LogP contribution is 2.25. The van der Waals surface area contributed by atoms with Crippen molar-refractivity contribution in [2.75, 3.05) is 6.54 Å². The summed E-state index contributed by atoms with van der Waals surface area (Å²) in [7, 11) is 0. The summed E-state index contributed by atoms with van der Waals surface area (Å²) in [5.41, 5.74) is 0. The first-order chi connectivity index (χ1) is 6.84. The topological polar surface area (TPSA) is 25.2 Å². The fourth-order valence-electron chi connectivity index (χ4n) is 1.87. The molecule has 78 valence electrons. The van der Waals surface area contributed by atoms with E-state index in [0.29, 0.717) is 6.04 Å². The normalized spacial score (nSPS) is 19.2. The standard InChI is InChI=1S/C12H19NO/c1-10(8-12-6-3-7-14-12)13-9-11-4-2-5-11/h3,6-7,10-11,13H,2,4-5,8-9H2,1H3. The van der Waals surface area contributed by atoms with E-state index in [4.69, 9.17) is 4.42 Å². The summed E-state index contributed by atoms with van der Waals surface area (Å²) in [6.45, 7) is 3.41. The molecule has 1 fully saturated rings. The molecule has 1 aromatic heterocycles. The Morgan fingerprint density at radius 1 is 1.57 bits per heavy atom. The van der Waals surface area contributed by atoms with E-state index in [1.165, 1.54) is 25.8 Å². The first kappa shape index (κ1) is 9.78. The predicted octanol–water partition coefficient (Wildman–Crippen LogP) is 2.60. The monoisotopic (exact) mass is 193 g/mol. The van der Waals surface area contributed by atoms with Gasteiger partial charge in [0, 0.05) is 12.5 Å². The first-order valence-corrected chi connectivity index (χ1v) is 5.60. The molecule has 1 aromatic rings.